The number of aryl methyl sites for hydroxylation is 2. The molecule has 0 bridgehead atoms. The smallest absolute Gasteiger partial charge is 0.338 e. The SMILES string of the molecule is CCC1CCCCN1C(=O)C(C)OC(=O)c1ccc2nc(C)c(C)nc2c1. The zero-order valence-electron chi connectivity index (χ0n) is 16.5. The summed E-state index contributed by atoms with van der Waals surface area (Å²) in [6, 6.07) is 5.34. The molecule has 1 fully saturated rings. The van der Waals surface area contributed by atoms with Crippen molar-refractivity contribution in [1.82, 2.24) is 14.9 Å². The van der Waals surface area contributed by atoms with Crippen LogP contribution in [0.4, 0.5) is 0 Å². The van der Waals surface area contributed by atoms with Crippen LogP contribution in [0.25, 0.3) is 11.0 Å². The van der Waals surface area contributed by atoms with Crippen LogP contribution in [0.15, 0.2) is 18.2 Å². The van der Waals surface area contributed by atoms with Crippen LogP contribution < -0.4 is 0 Å². The van der Waals surface area contributed by atoms with Crippen molar-refractivity contribution in [3.63, 3.8) is 0 Å². The Kier molecular flexibility index (Phi) is 5.73. The lowest BCUT2D eigenvalue weighted by Crippen LogP contribution is -2.48. The van der Waals surface area contributed by atoms with Crippen LogP contribution in [0.2, 0.25) is 0 Å². The number of amides is 1. The van der Waals surface area contributed by atoms with Gasteiger partial charge in [-0.25, -0.2) is 14.8 Å². The Morgan fingerprint density at radius 3 is 2.59 bits per heavy atom. The summed E-state index contributed by atoms with van der Waals surface area (Å²) < 4.78 is 5.47. The highest BCUT2D eigenvalue weighted by atomic mass is 16.5. The molecule has 1 aliphatic rings. The normalized spacial score (nSPS) is 18.4. The van der Waals surface area contributed by atoms with Crippen LogP contribution in [0.3, 0.4) is 0 Å². The fourth-order valence-corrected chi connectivity index (χ4v) is 3.59. The second-order valence-electron chi connectivity index (χ2n) is 7.23. The summed E-state index contributed by atoms with van der Waals surface area (Å²) in [5.41, 5.74) is 3.45. The van der Waals surface area contributed by atoms with Gasteiger partial charge in [0.05, 0.1) is 28.0 Å². The number of esters is 1. The van der Waals surface area contributed by atoms with E-state index in [1.807, 2.05) is 18.7 Å². The van der Waals surface area contributed by atoms with Gasteiger partial charge in [0.25, 0.3) is 5.91 Å². The Morgan fingerprint density at radius 2 is 1.89 bits per heavy atom. The van der Waals surface area contributed by atoms with Gasteiger partial charge in [-0.1, -0.05) is 6.92 Å². The third-order valence-electron chi connectivity index (χ3n) is 5.32. The first kappa shape index (κ1) is 19.3. The number of hydrogen-bond donors (Lipinski definition) is 0. The van der Waals surface area contributed by atoms with Gasteiger partial charge in [0.15, 0.2) is 6.10 Å². The predicted octanol–water partition coefficient (Wildman–Crippen LogP) is 3.58. The molecule has 1 saturated heterocycles. The van der Waals surface area contributed by atoms with Crippen molar-refractivity contribution in [3.05, 3.63) is 35.2 Å². The standard InChI is InChI=1S/C21H27N3O3/c1-5-17-8-6-7-11-24(17)20(25)15(4)27-21(26)16-9-10-18-19(12-16)23-14(3)13(2)22-18/h9-10,12,15,17H,5-8,11H2,1-4H3. The van der Waals surface area contributed by atoms with E-state index >= 15 is 0 Å². The quantitative estimate of drug-likeness (QED) is 0.770. The molecular weight excluding hydrogens is 342 g/mol. The third-order valence-corrected chi connectivity index (χ3v) is 5.32. The van der Waals surface area contributed by atoms with E-state index in [1.54, 1.807) is 25.1 Å². The molecule has 0 aliphatic carbocycles. The monoisotopic (exact) mass is 369 g/mol. The van der Waals surface area contributed by atoms with Crippen molar-refractivity contribution in [2.75, 3.05) is 6.54 Å². The average Bonchev–Trinajstić information content (AvgIpc) is 2.67. The number of carbonyl (C=O) groups is 2. The first-order valence-electron chi connectivity index (χ1n) is 9.67. The number of fused-ring (bicyclic) bond motifs is 1. The molecule has 3 rings (SSSR count). The van der Waals surface area contributed by atoms with Gasteiger partial charge in [-0.15, -0.1) is 0 Å². The highest BCUT2D eigenvalue weighted by molar-refractivity contribution is 5.95. The van der Waals surface area contributed by atoms with E-state index in [2.05, 4.69) is 16.9 Å². The maximum atomic E-state index is 12.8. The molecule has 27 heavy (non-hydrogen) atoms. The number of likely N-dealkylation sites (tertiary alicyclic amines) is 1. The van der Waals surface area contributed by atoms with Crippen molar-refractivity contribution < 1.29 is 14.3 Å². The maximum Gasteiger partial charge on any atom is 0.338 e. The number of nitrogens with zero attached hydrogens (tertiary/aromatic N) is 3. The van der Waals surface area contributed by atoms with E-state index in [0.717, 1.165) is 49.1 Å². The van der Waals surface area contributed by atoms with E-state index in [1.165, 1.54) is 0 Å². The molecule has 2 atom stereocenters. The van der Waals surface area contributed by atoms with Crippen LogP contribution in [0.5, 0.6) is 0 Å². The van der Waals surface area contributed by atoms with Crippen LogP contribution in [0, 0.1) is 13.8 Å². The van der Waals surface area contributed by atoms with Crippen molar-refractivity contribution >= 4 is 22.9 Å². The molecule has 2 heterocycles. The number of benzene rings is 1. The summed E-state index contributed by atoms with van der Waals surface area (Å²) in [4.78, 5) is 36.1. The second kappa shape index (κ2) is 8.03. The molecule has 0 spiro atoms. The lowest BCUT2D eigenvalue weighted by Gasteiger charge is -2.36. The Labute approximate surface area is 159 Å². The Balaban J connectivity index is 1.73. The number of rotatable bonds is 4. The molecule has 2 aromatic rings. The van der Waals surface area contributed by atoms with Crippen molar-refractivity contribution in [2.45, 2.75) is 65.5 Å². The summed E-state index contributed by atoms with van der Waals surface area (Å²) >= 11 is 0. The number of ether oxygens (including phenoxy) is 1. The molecule has 6 heteroatoms. The zero-order valence-corrected chi connectivity index (χ0v) is 16.5. The van der Waals surface area contributed by atoms with Crippen LogP contribution in [-0.2, 0) is 9.53 Å². The fourth-order valence-electron chi connectivity index (χ4n) is 3.59. The van der Waals surface area contributed by atoms with E-state index in [9.17, 15) is 9.59 Å². The molecule has 144 valence electrons. The van der Waals surface area contributed by atoms with Crippen LogP contribution >= 0.6 is 0 Å². The molecule has 0 N–H and O–H groups in total. The summed E-state index contributed by atoms with van der Waals surface area (Å²) in [6.07, 6.45) is 3.30. The lowest BCUT2D eigenvalue weighted by atomic mass is 9.99. The van der Waals surface area contributed by atoms with Gasteiger partial charge < -0.3 is 9.64 Å². The van der Waals surface area contributed by atoms with E-state index < -0.39 is 12.1 Å². The second-order valence-corrected chi connectivity index (χ2v) is 7.23. The molecule has 1 aromatic carbocycles. The van der Waals surface area contributed by atoms with E-state index in [0.29, 0.717) is 11.1 Å². The molecule has 0 saturated carbocycles. The van der Waals surface area contributed by atoms with Crippen LogP contribution in [-0.4, -0.2) is 45.4 Å². The molecule has 0 radical (unpaired) electrons. The topological polar surface area (TPSA) is 72.4 Å². The number of hydrogen-bond acceptors (Lipinski definition) is 5. The number of carbonyl (C=O) groups excluding carboxylic acids is 2. The summed E-state index contributed by atoms with van der Waals surface area (Å²) in [7, 11) is 0. The van der Waals surface area contributed by atoms with Crippen molar-refractivity contribution in [3.8, 4) is 0 Å². The average molecular weight is 369 g/mol. The predicted molar refractivity (Wildman–Crippen MR) is 104 cm³/mol. The van der Waals surface area contributed by atoms with Gasteiger partial charge in [-0.05, 0) is 64.7 Å². The highest BCUT2D eigenvalue weighted by Gasteiger charge is 2.30. The van der Waals surface area contributed by atoms with E-state index in [4.69, 9.17) is 4.74 Å². The summed E-state index contributed by atoms with van der Waals surface area (Å²) in [5.74, 6) is -0.621. The van der Waals surface area contributed by atoms with Gasteiger partial charge in [-0.3, -0.25) is 4.79 Å². The number of aromatic nitrogens is 2. The minimum Gasteiger partial charge on any atom is -0.449 e. The van der Waals surface area contributed by atoms with Crippen molar-refractivity contribution in [2.24, 2.45) is 0 Å². The molecular formula is C21H27N3O3. The molecule has 2 unspecified atom stereocenters. The third kappa shape index (κ3) is 4.10. The first-order valence-corrected chi connectivity index (χ1v) is 9.67. The van der Waals surface area contributed by atoms with Gasteiger partial charge in [0.1, 0.15) is 0 Å². The van der Waals surface area contributed by atoms with Gasteiger partial charge in [0.2, 0.25) is 0 Å². The maximum absolute atomic E-state index is 12.8. The summed E-state index contributed by atoms with van der Waals surface area (Å²) in [5, 5.41) is 0. The molecule has 1 aromatic heterocycles. The Hall–Kier alpha value is -2.50. The summed E-state index contributed by atoms with van der Waals surface area (Å²) in [6.45, 7) is 8.27. The van der Waals surface area contributed by atoms with Crippen LogP contribution in [0.1, 0.15) is 61.3 Å². The number of piperidine rings is 1. The lowest BCUT2D eigenvalue weighted by molar-refractivity contribution is -0.143. The Bertz CT molecular complexity index is 865. The minimum atomic E-state index is -0.800. The first-order chi connectivity index (χ1) is 12.9. The van der Waals surface area contributed by atoms with E-state index in [-0.39, 0.29) is 11.9 Å². The Morgan fingerprint density at radius 1 is 1.19 bits per heavy atom. The van der Waals surface area contributed by atoms with Crippen molar-refractivity contribution in [1.29, 1.82) is 0 Å². The fraction of sp³-hybridized carbons (Fsp3) is 0.524. The molecule has 6 nitrogen and oxygen atoms in total. The highest BCUT2D eigenvalue weighted by Crippen LogP contribution is 2.21. The largest absolute Gasteiger partial charge is 0.449 e. The van der Waals surface area contributed by atoms with Gasteiger partial charge in [0, 0.05) is 12.6 Å². The van der Waals surface area contributed by atoms with Gasteiger partial charge in [-0.2, -0.15) is 0 Å². The van der Waals surface area contributed by atoms with Gasteiger partial charge >= 0.3 is 5.97 Å². The zero-order chi connectivity index (χ0) is 19.6. The molecule has 1 aliphatic heterocycles. The minimum absolute atomic E-state index is 0.109. The molecule has 1 amide bonds.